The van der Waals surface area contributed by atoms with E-state index in [1.807, 2.05) is 54.7 Å². The van der Waals surface area contributed by atoms with Gasteiger partial charge in [-0.3, -0.25) is 23.2 Å². The Hall–Kier alpha value is -4.36. The number of ether oxygens (including phenoxy) is 3. The van der Waals surface area contributed by atoms with Gasteiger partial charge in [0.15, 0.2) is 12.3 Å². The van der Waals surface area contributed by atoms with Crippen molar-refractivity contribution in [3.8, 4) is 0 Å². The first kappa shape index (κ1) is 64.8. The molecule has 1 fully saturated rings. The van der Waals surface area contributed by atoms with Crippen LogP contribution in [0.25, 0.3) is 0 Å². The number of rotatable bonds is 40. The van der Waals surface area contributed by atoms with Gasteiger partial charge in [-0.2, -0.15) is 9.29 Å². The molecule has 410 valence electrons. The van der Waals surface area contributed by atoms with E-state index in [0.717, 1.165) is 68.6 Å². The standard InChI is InChI=1S/C52H81N3O16P2/c1-3-5-7-8-9-10-11-12-13-14-15-16-19-23-26-29-33-37-48(58)69-44(40-66-47(57)36-32-28-25-22-20-17-18-21-24-27-31-35-43(56)34-30-6-4-2)41-67-72(62,63)71-73(64,65)68-42-45-49(59)50(60)51(70-45)55-39-38-46(53)54-52(55)61/h9-10,12-13,15-18,22-27,31,35,38-39,43-45,49-51,56,59-60H,3-8,11,14,19-21,28-30,32-34,36-37,40-42H2,1-2H3,(H,62,63)(H,64,65)(H2,53,54,61)/b10-9-,13-12-,16-15-,18-17-,25-22-,26-23-,27-24-,35-31+/t43-,44-,45-,49-,50-,51-/m1/s1. The molecule has 2 unspecified atom stereocenters. The zero-order valence-electron chi connectivity index (χ0n) is 42.5. The summed E-state index contributed by atoms with van der Waals surface area (Å²) >= 11 is 0. The van der Waals surface area contributed by atoms with Crippen molar-refractivity contribution in [2.45, 2.75) is 173 Å². The predicted octanol–water partition coefficient (Wildman–Crippen LogP) is 9.41. The summed E-state index contributed by atoms with van der Waals surface area (Å²) < 4.78 is 56.6. The minimum absolute atomic E-state index is 0.0137. The van der Waals surface area contributed by atoms with Crippen molar-refractivity contribution in [2.75, 3.05) is 25.6 Å². The number of phosphoric ester groups is 2. The van der Waals surface area contributed by atoms with E-state index in [9.17, 15) is 48.6 Å². The molecule has 0 bridgehead atoms. The van der Waals surface area contributed by atoms with Crippen molar-refractivity contribution in [1.82, 2.24) is 9.55 Å². The molecular weight excluding hydrogens is 985 g/mol. The van der Waals surface area contributed by atoms with Crippen LogP contribution in [0.5, 0.6) is 0 Å². The van der Waals surface area contributed by atoms with E-state index >= 15 is 0 Å². The largest absolute Gasteiger partial charge is 0.481 e. The molecule has 1 aliphatic heterocycles. The Morgan fingerprint density at radius 2 is 1.26 bits per heavy atom. The fourth-order valence-electron chi connectivity index (χ4n) is 6.76. The molecule has 0 amide bonds. The van der Waals surface area contributed by atoms with Crippen LogP contribution in [0.4, 0.5) is 5.82 Å². The summed E-state index contributed by atoms with van der Waals surface area (Å²) in [6.45, 7) is 1.87. The summed E-state index contributed by atoms with van der Waals surface area (Å²) in [6, 6.07) is 1.24. The van der Waals surface area contributed by atoms with E-state index in [2.05, 4.69) is 59.6 Å². The lowest BCUT2D eigenvalue weighted by Crippen LogP contribution is -2.36. The van der Waals surface area contributed by atoms with Gasteiger partial charge in [-0.1, -0.05) is 143 Å². The topological polar surface area (TPSA) is 286 Å². The minimum atomic E-state index is -5.46. The molecule has 19 nitrogen and oxygen atoms in total. The summed E-state index contributed by atoms with van der Waals surface area (Å²) in [5.74, 6) is -1.47. The van der Waals surface area contributed by atoms with Crippen LogP contribution in [0.3, 0.4) is 0 Å². The molecule has 2 heterocycles. The second kappa shape index (κ2) is 39.1. The fraction of sp³-hybridized carbons (Fsp3) is 0.577. The quantitative estimate of drug-likeness (QED) is 0.0117. The Balaban J connectivity index is 1.87. The number of esters is 2. The third kappa shape index (κ3) is 31.9. The monoisotopic (exact) mass is 1070 g/mol. The van der Waals surface area contributed by atoms with Crippen molar-refractivity contribution in [3.05, 3.63) is 120 Å². The van der Waals surface area contributed by atoms with Crippen LogP contribution in [-0.4, -0.2) is 96.9 Å². The Morgan fingerprint density at radius 3 is 1.85 bits per heavy atom. The van der Waals surface area contributed by atoms with Gasteiger partial charge in [0.05, 0.1) is 19.3 Å². The van der Waals surface area contributed by atoms with Gasteiger partial charge in [0.1, 0.15) is 30.7 Å². The number of carbonyl (C=O) groups is 2. The Labute approximate surface area is 431 Å². The molecule has 0 aromatic carbocycles. The number of phosphoric acid groups is 2. The number of aliphatic hydroxyl groups is 3. The number of aromatic nitrogens is 2. The Kier molecular flexibility index (Phi) is 34.7. The molecule has 0 aliphatic carbocycles. The summed E-state index contributed by atoms with van der Waals surface area (Å²) in [7, 11) is -10.9. The van der Waals surface area contributed by atoms with Crippen LogP contribution in [-0.2, 0) is 46.3 Å². The van der Waals surface area contributed by atoms with E-state index < -0.39 is 89.8 Å². The normalized spacial score (nSPS) is 20.2. The molecule has 0 spiro atoms. The maximum Gasteiger partial charge on any atom is 0.481 e. The molecule has 0 radical (unpaired) electrons. The second-order valence-corrected chi connectivity index (χ2v) is 20.2. The van der Waals surface area contributed by atoms with Gasteiger partial charge >= 0.3 is 33.3 Å². The number of carbonyl (C=O) groups excluding carboxylic acids is 2. The first-order chi connectivity index (χ1) is 35.1. The van der Waals surface area contributed by atoms with Crippen molar-refractivity contribution in [2.24, 2.45) is 0 Å². The van der Waals surface area contributed by atoms with Gasteiger partial charge in [0.2, 0.25) is 0 Å². The zero-order chi connectivity index (χ0) is 53.6. The predicted molar refractivity (Wildman–Crippen MR) is 281 cm³/mol. The van der Waals surface area contributed by atoms with E-state index in [1.165, 1.54) is 25.3 Å². The van der Waals surface area contributed by atoms with E-state index in [4.69, 9.17) is 29.0 Å². The van der Waals surface area contributed by atoms with Gasteiger partial charge in [0, 0.05) is 19.0 Å². The number of nitrogens with two attached hydrogens (primary N) is 1. The maximum absolute atomic E-state index is 12.8. The summed E-state index contributed by atoms with van der Waals surface area (Å²) in [5.41, 5.74) is 4.57. The first-order valence-corrected chi connectivity index (χ1v) is 28.3. The van der Waals surface area contributed by atoms with E-state index in [-0.39, 0.29) is 18.7 Å². The molecule has 73 heavy (non-hydrogen) atoms. The number of nitrogens with zero attached hydrogens (tertiary/aromatic N) is 2. The van der Waals surface area contributed by atoms with Crippen molar-refractivity contribution >= 4 is 33.4 Å². The number of allylic oxidation sites excluding steroid dienone is 15. The Bertz CT molecular complexity index is 2120. The van der Waals surface area contributed by atoms with Crippen LogP contribution < -0.4 is 11.4 Å². The van der Waals surface area contributed by atoms with Crippen molar-refractivity contribution in [1.29, 1.82) is 0 Å². The van der Waals surface area contributed by atoms with E-state index in [0.29, 0.717) is 32.1 Å². The molecule has 0 saturated carbocycles. The molecule has 21 heteroatoms. The molecule has 7 N–H and O–H groups in total. The van der Waals surface area contributed by atoms with Gasteiger partial charge in [-0.25, -0.2) is 13.9 Å². The first-order valence-electron chi connectivity index (χ1n) is 25.4. The van der Waals surface area contributed by atoms with Gasteiger partial charge in [-0.15, -0.1) is 0 Å². The number of nitrogen functional groups attached to an aromatic ring is 1. The molecule has 1 aliphatic rings. The average Bonchev–Trinajstić information content (AvgIpc) is 3.62. The minimum Gasteiger partial charge on any atom is -0.462 e. The lowest BCUT2D eigenvalue weighted by Gasteiger charge is -2.21. The van der Waals surface area contributed by atoms with Crippen molar-refractivity contribution in [3.63, 3.8) is 0 Å². The maximum atomic E-state index is 12.8. The molecular formula is C52H81N3O16P2. The third-order valence-corrected chi connectivity index (χ3v) is 13.3. The summed E-state index contributed by atoms with van der Waals surface area (Å²) in [4.78, 5) is 61.9. The summed E-state index contributed by atoms with van der Waals surface area (Å²) in [5, 5.41) is 30.8. The van der Waals surface area contributed by atoms with Gasteiger partial charge < -0.3 is 45.1 Å². The second-order valence-electron chi connectivity index (χ2n) is 17.2. The Morgan fingerprint density at radius 1 is 0.726 bits per heavy atom. The van der Waals surface area contributed by atoms with Crippen LogP contribution in [0.1, 0.15) is 142 Å². The summed E-state index contributed by atoms with van der Waals surface area (Å²) in [6.07, 6.45) is 39.7. The SMILES string of the molecule is CCCCC/C=C\C/C=C\C/C=C\C/C=C\CCCC(=O)O[C@H](COC(=O)CCC/C=C\C/C=C\C/C=C\C=C\[C@H](O)CCCCC)COP(=O)(O)OP(=O)(O)OC[C@H]1O[C@@H](n2ccc(N)nc2=O)[C@H](O)[C@@H]1O. The molecule has 2 rings (SSSR count). The zero-order valence-corrected chi connectivity index (χ0v) is 44.3. The van der Waals surface area contributed by atoms with E-state index in [1.54, 1.807) is 6.08 Å². The number of unbranched alkanes of at least 4 members (excludes halogenated alkanes) is 7. The lowest BCUT2D eigenvalue weighted by molar-refractivity contribution is -0.161. The number of hydrogen-bond acceptors (Lipinski definition) is 16. The third-order valence-electron chi connectivity index (χ3n) is 10.7. The van der Waals surface area contributed by atoms with Crippen LogP contribution in [0.2, 0.25) is 0 Å². The molecule has 1 aromatic rings. The highest BCUT2D eigenvalue weighted by Gasteiger charge is 2.46. The molecule has 8 atom stereocenters. The van der Waals surface area contributed by atoms with Crippen molar-refractivity contribution < 1.29 is 71.4 Å². The van der Waals surface area contributed by atoms with Crippen LogP contribution in [0.15, 0.2) is 114 Å². The molecule has 1 saturated heterocycles. The number of aliphatic hydroxyl groups excluding tert-OH is 3. The number of anilines is 1. The average molecular weight is 1070 g/mol. The van der Waals surface area contributed by atoms with Gasteiger partial charge in [0.25, 0.3) is 0 Å². The lowest BCUT2D eigenvalue weighted by atomic mass is 10.1. The van der Waals surface area contributed by atoms with Gasteiger partial charge in [-0.05, 0) is 83.1 Å². The van der Waals surface area contributed by atoms with Crippen LogP contribution in [0, 0.1) is 0 Å². The fourth-order valence-corrected chi connectivity index (χ4v) is 8.87. The van der Waals surface area contributed by atoms with Crippen LogP contribution >= 0.6 is 15.6 Å². The number of hydrogen-bond donors (Lipinski definition) is 6. The highest BCUT2D eigenvalue weighted by atomic mass is 31.3. The smallest absolute Gasteiger partial charge is 0.462 e. The molecule has 1 aromatic heterocycles. The highest BCUT2D eigenvalue weighted by Crippen LogP contribution is 2.60. The highest BCUT2D eigenvalue weighted by molar-refractivity contribution is 7.61.